The summed E-state index contributed by atoms with van der Waals surface area (Å²) < 4.78 is 0. The fourth-order valence-corrected chi connectivity index (χ4v) is 2.39. The zero-order valence-electron chi connectivity index (χ0n) is 14.0. The molecule has 1 nitrogen and oxygen atoms in total. The molecule has 2 heteroatoms. The molecule has 0 bridgehead atoms. The van der Waals surface area contributed by atoms with Crippen molar-refractivity contribution in [3.05, 3.63) is 12.2 Å². The molecule has 0 radical (unpaired) electrons. The van der Waals surface area contributed by atoms with Crippen LogP contribution in [0.2, 0.25) is 0 Å². The van der Waals surface area contributed by atoms with Crippen molar-refractivity contribution in [1.29, 1.82) is 0 Å². The Labute approximate surface area is 140 Å². The van der Waals surface area contributed by atoms with E-state index in [1.165, 1.54) is 89.9 Å². The van der Waals surface area contributed by atoms with Crippen LogP contribution in [0.3, 0.4) is 0 Å². The van der Waals surface area contributed by atoms with Gasteiger partial charge in [-0.1, -0.05) is 76.9 Å². The van der Waals surface area contributed by atoms with E-state index in [-0.39, 0.29) is 19.5 Å². The summed E-state index contributed by atoms with van der Waals surface area (Å²) in [5.74, 6) is 0. The standard InChI is InChI=1S/C18H37N.Zn/c1-2-3-4-5-6-7-8-9-10-11-12-13-14-15-16-17-18-19;/h9-10H,2-8,11-19H2,1H3;/b10-9-;. The summed E-state index contributed by atoms with van der Waals surface area (Å²) in [6.07, 6.45) is 23.9. The van der Waals surface area contributed by atoms with Crippen LogP contribution < -0.4 is 5.73 Å². The van der Waals surface area contributed by atoms with Gasteiger partial charge in [-0.3, -0.25) is 0 Å². The van der Waals surface area contributed by atoms with E-state index < -0.39 is 0 Å². The van der Waals surface area contributed by atoms with Crippen LogP contribution in [-0.2, 0) is 19.5 Å². The van der Waals surface area contributed by atoms with Gasteiger partial charge < -0.3 is 5.73 Å². The Bertz CT molecular complexity index is 180. The SMILES string of the molecule is CCCCCCCC/C=C\CCCCCCCCN.[Zn]. The third-order valence-electron chi connectivity index (χ3n) is 3.72. The maximum Gasteiger partial charge on any atom is 0 e. The van der Waals surface area contributed by atoms with Gasteiger partial charge >= 0.3 is 0 Å². The second-order valence-corrected chi connectivity index (χ2v) is 5.73. The summed E-state index contributed by atoms with van der Waals surface area (Å²) in [6, 6.07) is 0. The van der Waals surface area contributed by atoms with E-state index in [1.54, 1.807) is 0 Å². The van der Waals surface area contributed by atoms with Gasteiger partial charge in [-0.25, -0.2) is 0 Å². The molecule has 0 aliphatic rings. The van der Waals surface area contributed by atoms with Crippen molar-refractivity contribution in [2.24, 2.45) is 5.73 Å². The molecule has 2 N–H and O–H groups in total. The van der Waals surface area contributed by atoms with E-state index in [4.69, 9.17) is 5.73 Å². The minimum atomic E-state index is 0. The number of unbranched alkanes of at least 4 members (excludes halogenated alkanes) is 12. The fourth-order valence-electron chi connectivity index (χ4n) is 2.39. The van der Waals surface area contributed by atoms with Crippen molar-refractivity contribution in [2.75, 3.05) is 6.54 Å². The predicted molar refractivity (Wildman–Crippen MR) is 88.5 cm³/mol. The van der Waals surface area contributed by atoms with E-state index in [1.807, 2.05) is 0 Å². The summed E-state index contributed by atoms with van der Waals surface area (Å²) in [5.41, 5.74) is 5.47. The third kappa shape index (κ3) is 20.6. The normalized spacial score (nSPS) is 10.9. The molecule has 0 saturated heterocycles. The van der Waals surface area contributed by atoms with Crippen LogP contribution in [-0.4, -0.2) is 6.54 Å². The van der Waals surface area contributed by atoms with Crippen molar-refractivity contribution in [1.82, 2.24) is 0 Å². The molecule has 0 fully saturated rings. The Morgan fingerprint density at radius 1 is 0.600 bits per heavy atom. The monoisotopic (exact) mass is 331 g/mol. The van der Waals surface area contributed by atoms with E-state index >= 15 is 0 Å². The summed E-state index contributed by atoms with van der Waals surface area (Å²) in [7, 11) is 0. The molecule has 116 valence electrons. The quantitative estimate of drug-likeness (QED) is 0.223. The first kappa shape index (κ1) is 22.6. The zero-order chi connectivity index (χ0) is 14.0. The van der Waals surface area contributed by atoms with E-state index in [9.17, 15) is 0 Å². The molecular formula is C18H37NZn. The third-order valence-corrected chi connectivity index (χ3v) is 3.72. The van der Waals surface area contributed by atoms with Gasteiger partial charge in [0.1, 0.15) is 0 Å². The summed E-state index contributed by atoms with van der Waals surface area (Å²) >= 11 is 0. The van der Waals surface area contributed by atoms with E-state index in [0.717, 1.165) is 6.54 Å². The van der Waals surface area contributed by atoms with Crippen molar-refractivity contribution < 1.29 is 19.5 Å². The first-order valence-corrected chi connectivity index (χ1v) is 8.77. The molecule has 0 aromatic heterocycles. The Morgan fingerprint density at radius 2 is 1.00 bits per heavy atom. The van der Waals surface area contributed by atoms with Gasteiger partial charge in [-0.05, 0) is 38.6 Å². The smallest absolute Gasteiger partial charge is 0 e. The number of hydrogen-bond acceptors (Lipinski definition) is 1. The van der Waals surface area contributed by atoms with Gasteiger partial charge in [0.15, 0.2) is 0 Å². The molecule has 0 spiro atoms. The summed E-state index contributed by atoms with van der Waals surface area (Å²) in [6.45, 7) is 3.14. The summed E-state index contributed by atoms with van der Waals surface area (Å²) in [5, 5.41) is 0. The molecule has 20 heavy (non-hydrogen) atoms. The number of hydrogen-bond donors (Lipinski definition) is 1. The molecule has 0 rings (SSSR count). The van der Waals surface area contributed by atoms with Crippen LogP contribution in [0.25, 0.3) is 0 Å². The van der Waals surface area contributed by atoms with Crippen LogP contribution in [0, 0.1) is 0 Å². The number of allylic oxidation sites excluding steroid dienone is 2. The van der Waals surface area contributed by atoms with Gasteiger partial charge in [0.05, 0.1) is 0 Å². The van der Waals surface area contributed by atoms with Crippen molar-refractivity contribution in [3.8, 4) is 0 Å². The van der Waals surface area contributed by atoms with Gasteiger partial charge in [-0.15, -0.1) is 0 Å². The second-order valence-electron chi connectivity index (χ2n) is 5.73. The second kappa shape index (κ2) is 21.6. The van der Waals surface area contributed by atoms with Crippen LogP contribution in [0.5, 0.6) is 0 Å². The minimum Gasteiger partial charge on any atom is -0.330 e. The maximum absolute atomic E-state index is 5.47. The molecule has 0 aromatic carbocycles. The molecule has 0 unspecified atom stereocenters. The number of nitrogens with two attached hydrogens (primary N) is 1. The van der Waals surface area contributed by atoms with Crippen LogP contribution in [0.15, 0.2) is 12.2 Å². The molecule has 0 aliphatic carbocycles. The van der Waals surface area contributed by atoms with Gasteiger partial charge in [-0.2, -0.15) is 0 Å². The van der Waals surface area contributed by atoms with Crippen LogP contribution in [0.4, 0.5) is 0 Å². The topological polar surface area (TPSA) is 26.0 Å². The molecular weight excluding hydrogens is 296 g/mol. The summed E-state index contributed by atoms with van der Waals surface area (Å²) in [4.78, 5) is 0. The minimum absolute atomic E-state index is 0. The van der Waals surface area contributed by atoms with Crippen molar-refractivity contribution in [3.63, 3.8) is 0 Å². The molecule has 0 aliphatic heterocycles. The molecule has 0 heterocycles. The predicted octanol–water partition coefficient (Wildman–Crippen LogP) is 5.98. The average Bonchev–Trinajstić information content (AvgIpc) is 2.43. The van der Waals surface area contributed by atoms with Gasteiger partial charge in [0, 0.05) is 19.5 Å². The van der Waals surface area contributed by atoms with Crippen molar-refractivity contribution >= 4 is 0 Å². The van der Waals surface area contributed by atoms with Crippen molar-refractivity contribution in [2.45, 2.75) is 96.8 Å². The van der Waals surface area contributed by atoms with Crippen LogP contribution in [0.1, 0.15) is 96.8 Å². The Morgan fingerprint density at radius 3 is 1.45 bits per heavy atom. The average molecular weight is 333 g/mol. The number of rotatable bonds is 15. The largest absolute Gasteiger partial charge is 0.330 e. The molecule has 0 aromatic rings. The van der Waals surface area contributed by atoms with Gasteiger partial charge in [0.25, 0.3) is 0 Å². The molecule has 0 saturated carbocycles. The Balaban J connectivity index is 0. The van der Waals surface area contributed by atoms with E-state index in [0.29, 0.717) is 0 Å². The van der Waals surface area contributed by atoms with Gasteiger partial charge in [0.2, 0.25) is 0 Å². The fraction of sp³-hybridized carbons (Fsp3) is 0.889. The van der Waals surface area contributed by atoms with Crippen LogP contribution >= 0.6 is 0 Å². The maximum atomic E-state index is 5.47. The van der Waals surface area contributed by atoms with E-state index in [2.05, 4.69) is 19.1 Å². The molecule has 0 amide bonds. The zero-order valence-corrected chi connectivity index (χ0v) is 17.0. The Kier molecular flexibility index (Phi) is 24.4. The first-order chi connectivity index (χ1) is 9.41. The first-order valence-electron chi connectivity index (χ1n) is 8.77. The Hall–Kier alpha value is 0.323. The molecule has 0 atom stereocenters.